The molecule has 0 aromatic rings. The Labute approximate surface area is 93.0 Å². The van der Waals surface area contributed by atoms with Crippen LogP contribution in [0.25, 0.3) is 0 Å². The van der Waals surface area contributed by atoms with Crippen LogP contribution in [0, 0.1) is 0 Å². The number of hydrogen-bond donors (Lipinski definition) is 0. The van der Waals surface area contributed by atoms with E-state index in [1.165, 1.54) is 25.5 Å². The smallest absolute Gasteiger partial charge is 0.310 e. The fourth-order valence-electron chi connectivity index (χ4n) is 1.14. The maximum Gasteiger partial charge on any atom is 0.310 e. The van der Waals surface area contributed by atoms with Gasteiger partial charge in [0, 0.05) is 6.42 Å². The van der Waals surface area contributed by atoms with Gasteiger partial charge in [-0.05, 0) is 18.9 Å². The molecule has 0 saturated carbocycles. The van der Waals surface area contributed by atoms with Crippen molar-refractivity contribution >= 4 is 5.97 Å². The van der Waals surface area contributed by atoms with Crippen molar-refractivity contribution in [3.63, 3.8) is 0 Å². The number of unbranched alkanes of at least 4 members (excludes halogenated alkanes) is 4. The van der Waals surface area contributed by atoms with Crippen molar-refractivity contribution in [1.82, 2.24) is 0 Å². The Kier molecular flexibility index (Phi) is 8.84. The molecule has 0 aliphatic carbocycles. The molecule has 0 radical (unpaired) electrons. The van der Waals surface area contributed by atoms with Crippen molar-refractivity contribution in [3.05, 3.63) is 24.5 Å². The van der Waals surface area contributed by atoms with Crippen LogP contribution in [-0.2, 0) is 9.53 Å². The highest BCUT2D eigenvalue weighted by atomic mass is 16.5. The lowest BCUT2D eigenvalue weighted by Gasteiger charge is -2.00. The summed E-state index contributed by atoms with van der Waals surface area (Å²) in [5, 5.41) is 0. The highest BCUT2D eigenvalue weighted by molar-refractivity contribution is 5.70. The Morgan fingerprint density at radius 1 is 1.27 bits per heavy atom. The van der Waals surface area contributed by atoms with Crippen LogP contribution in [-0.4, -0.2) is 5.97 Å². The van der Waals surface area contributed by atoms with Crippen molar-refractivity contribution < 1.29 is 9.53 Å². The summed E-state index contributed by atoms with van der Waals surface area (Å²) in [6.07, 6.45) is 9.38. The zero-order valence-electron chi connectivity index (χ0n) is 9.92. The van der Waals surface area contributed by atoms with E-state index in [1.807, 2.05) is 6.92 Å². The average molecular weight is 210 g/mol. The third kappa shape index (κ3) is 9.26. The van der Waals surface area contributed by atoms with Gasteiger partial charge in [0.05, 0.1) is 6.26 Å². The van der Waals surface area contributed by atoms with E-state index in [2.05, 4.69) is 13.5 Å². The highest BCUT2D eigenvalue weighted by Crippen LogP contribution is 2.06. The third-order valence-corrected chi connectivity index (χ3v) is 2.18. The predicted molar refractivity (Wildman–Crippen MR) is 63.4 cm³/mol. The summed E-state index contributed by atoms with van der Waals surface area (Å²) in [5.41, 5.74) is 0.870. The fourth-order valence-corrected chi connectivity index (χ4v) is 1.14. The van der Waals surface area contributed by atoms with Gasteiger partial charge in [-0.25, -0.2) is 0 Å². The van der Waals surface area contributed by atoms with E-state index in [1.54, 1.807) is 6.08 Å². The van der Waals surface area contributed by atoms with E-state index in [0.29, 0.717) is 6.42 Å². The van der Waals surface area contributed by atoms with Gasteiger partial charge in [0.1, 0.15) is 0 Å². The Bertz CT molecular complexity index is 217. The second-order valence-electron chi connectivity index (χ2n) is 3.72. The molecular formula is C13H22O2. The van der Waals surface area contributed by atoms with Gasteiger partial charge in [0.25, 0.3) is 0 Å². The topological polar surface area (TPSA) is 26.3 Å². The summed E-state index contributed by atoms with van der Waals surface area (Å²) in [6, 6.07) is 0. The first-order valence-corrected chi connectivity index (χ1v) is 5.69. The van der Waals surface area contributed by atoms with Gasteiger partial charge in [-0.2, -0.15) is 0 Å². The summed E-state index contributed by atoms with van der Waals surface area (Å²) in [7, 11) is 0. The van der Waals surface area contributed by atoms with Crippen molar-refractivity contribution in [2.24, 2.45) is 0 Å². The van der Waals surface area contributed by atoms with Gasteiger partial charge in [-0.1, -0.05) is 45.3 Å². The molecule has 0 fully saturated rings. The van der Waals surface area contributed by atoms with Crippen LogP contribution >= 0.6 is 0 Å². The van der Waals surface area contributed by atoms with E-state index < -0.39 is 0 Å². The molecule has 2 heteroatoms. The van der Waals surface area contributed by atoms with Crippen molar-refractivity contribution in [1.29, 1.82) is 0 Å². The number of allylic oxidation sites excluding steroid dienone is 2. The van der Waals surface area contributed by atoms with Crippen molar-refractivity contribution in [2.45, 2.75) is 52.4 Å². The predicted octanol–water partition coefficient (Wildman–Crippen LogP) is 3.98. The summed E-state index contributed by atoms with van der Waals surface area (Å²) in [6.45, 7) is 7.60. The Balaban J connectivity index is 3.45. The number of ether oxygens (including phenoxy) is 1. The Hall–Kier alpha value is -1.05. The lowest BCUT2D eigenvalue weighted by molar-refractivity contribution is -0.138. The standard InChI is InChI=1S/C13H22O2/c1-4-6-7-8-9-10-13(14)15-11-12(3)5-2/h5,11H,2,4,6-10H2,1,3H3. The zero-order valence-corrected chi connectivity index (χ0v) is 9.92. The average Bonchev–Trinajstić information content (AvgIpc) is 2.25. The minimum atomic E-state index is -0.146. The summed E-state index contributed by atoms with van der Waals surface area (Å²) in [5.74, 6) is -0.146. The summed E-state index contributed by atoms with van der Waals surface area (Å²) < 4.78 is 4.93. The molecule has 0 amide bonds. The van der Waals surface area contributed by atoms with E-state index in [-0.39, 0.29) is 5.97 Å². The monoisotopic (exact) mass is 210 g/mol. The molecular weight excluding hydrogens is 188 g/mol. The van der Waals surface area contributed by atoms with Gasteiger partial charge < -0.3 is 4.74 Å². The molecule has 0 aromatic carbocycles. The summed E-state index contributed by atoms with van der Waals surface area (Å²) >= 11 is 0. The second-order valence-corrected chi connectivity index (χ2v) is 3.72. The number of hydrogen-bond acceptors (Lipinski definition) is 2. The molecule has 86 valence electrons. The van der Waals surface area contributed by atoms with Crippen LogP contribution in [0.1, 0.15) is 52.4 Å². The number of carbonyl (C=O) groups excluding carboxylic acids is 1. The fraction of sp³-hybridized carbons (Fsp3) is 0.615. The van der Waals surface area contributed by atoms with E-state index >= 15 is 0 Å². The molecule has 0 aliphatic heterocycles. The van der Waals surface area contributed by atoms with Gasteiger partial charge in [0.2, 0.25) is 0 Å². The summed E-state index contributed by atoms with van der Waals surface area (Å²) in [4.78, 5) is 11.2. The van der Waals surface area contributed by atoms with Crippen LogP contribution in [0.4, 0.5) is 0 Å². The molecule has 0 aromatic heterocycles. The van der Waals surface area contributed by atoms with Gasteiger partial charge in [0.15, 0.2) is 0 Å². The van der Waals surface area contributed by atoms with E-state index in [4.69, 9.17) is 4.74 Å². The third-order valence-electron chi connectivity index (χ3n) is 2.18. The molecule has 0 N–H and O–H groups in total. The lowest BCUT2D eigenvalue weighted by Crippen LogP contribution is -1.99. The minimum Gasteiger partial charge on any atom is -0.434 e. The van der Waals surface area contributed by atoms with Gasteiger partial charge >= 0.3 is 5.97 Å². The molecule has 0 rings (SSSR count). The maximum atomic E-state index is 11.2. The number of carbonyl (C=O) groups is 1. The number of esters is 1. The molecule has 0 heterocycles. The van der Waals surface area contributed by atoms with Crippen molar-refractivity contribution in [2.75, 3.05) is 0 Å². The quantitative estimate of drug-likeness (QED) is 0.262. The SMILES string of the molecule is C=CC(C)=COC(=O)CCCCCCC. The maximum absolute atomic E-state index is 11.2. The molecule has 0 atom stereocenters. The van der Waals surface area contributed by atoms with Crippen LogP contribution in [0.15, 0.2) is 24.5 Å². The first-order chi connectivity index (χ1) is 7.20. The van der Waals surface area contributed by atoms with Gasteiger partial charge in [-0.15, -0.1) is 0 Å². The second kappa shape index (κ2) is 9.50. The van der Waals surface area contributed by atoms with Gasteiger partial charge in [-0.3, -0.25) is 4.79 Å². The van der Waals surface area contributed by atoms with Crippen LogP contribution in [0.5, 0.6) is 0 Å². The number of rotatable bonds is 8. The Morgan fingerprint density at radius 2 is 1.93 bits per heavy atom. The minimum absolute atomic E-state index is 0.146. The molecule has 0 bridgehead atoms. The molecule has 2 nitrogen and oxygen atoms in total. The Morgan fingerprint density at radius 3 is 2.53 bits per heavy atom. The normalized spacial score (nSPS) is 11.2. The van der Waals surface area contributed by atoms with Crippen molar-refractivity contribution in [3.8, 4) is 0 Å². The largest absolute Gasteiger partial charge is 0.434 e. The zero-order chi connectivity index (χ0) is 11.5. The first-order valence-electron chi connectivity index (χ1n) is 5.69. The molecule has 0 unspecified atom stereocenters. The molecule has 0 aliphatic rings. The van der Waals surface area contributed by atoms with Crippen LogP contribution < -0.4 is 0 Å². The molecule has 15 heavy (non-hydrogen) atoms. The highest BCUT2D eigenvalue weighted by Gasteiger charge is 2.00. The first kappa shape index (κ1) is 13.9. The van der Waals surface area contributed by atoms with Crippen LogP contribution in [0.3, 0.4) is 0 Å². The van der Waals surface area contributed by atoms with E-state index in [9.17, 15) is 4.79 Å². The van der Waals surface area contributed by atoms with Crippen LogP contribution in [0.2, 0.25) is 0 Å². The lowest BCUT2D eigenvalue weighted by atomic mass is 10.1. The molecule has 0 spiro atoms. The molecule has 0 saturated heterocycles. The van der Waals surface area contributed by atoms with E-state index in [0.717, 1.165) is 18.4 Å².